The summed E-state index contributed by atoms with van der Waals surface area (Å²) in [5.74, 6) is 0. The Hall–Kier alpha value is -2.13. The second-order valence-electron chi connectivity index (χ2n) is 4.51. The van der Waals surface area contributed by atoms with Crippen LogP contribution in [0.5, 0.6) is 0 Å². The van der Waals surface area contributed by atoms with Gasteiger partial charge in [-0.05, 0) is 18.6 Å². The van der Waals surface area contributed by atoms with Gasteiger partial charge in [0.05, 0.1) is 22.2 Å². The number of hydrogen-bond acceptors (Lipinski definition) is 5. The lowest BCUT2D eigenvalue weighted by Crippen LogP contribution is -2.61. The molecule has 6 nitrogen and oxygen atoms in total. The van der Waals surface area contributed by atoms with Crippen LogP contribution in [0, 0.1) is 21.4 Å². The zero-order valence-corrected chi connectivity index (χ0v) is 9.96. The maximum Gasteiger partial charge on any atom is 0.293 e. The largest absolute Gasteiger partial charge is 0.386 e. The number of β-amino-alcohol motifs (C(OH)–C–C–N with tert-alkyl or cyclic N) is 1. The van der Waals surface area contributed by atoms with Gasteiger partial charge in [0.2, 0.25) is 0 Å². The Balaban J connectivity index is 2.30. The fourth-order valence-corrected chi connectivity index (χ4v) is 2.06. The summed E-state index contributed by atoms with van der Waals surface area (Å²) < 4.78 is 0. The minimum Gasteiger partial charge on any atom is -0.386 e. The molecule has 0 amide bonds. The molecule has 0 atom stereocenters. The van der Waals surface area contributed by atoms with E-state index < -0.39 is 10.5 Å². The van der Waals surface area contributed by atoms with Crippen LogP contribution >= 0.6 is 0 Å². The zero-order chi connectivity index (χ0) is 13.3. The highest BCUT2D eigenvalue weighted by Crippen LogP contribution is 2.36. The molecular formula is C12H13N3O3. The Labute approximate surface area is 104 Å². The van der Waals surface area contributed by atoms with Crippen molar-refractivity contribution in [2.45, 2.75) is 18.9 Å². The van der Waals surface area contributed by atoms with Gasteiger partial charge < -0.3 is 10.0 Å². The number of nitro groups is 1. The molecule has 0 unspecified atom stereocenters. The SMILES string of the molecule is CCC1(O)CN(c2ccc(C#N)cc2[N+](=O)[O-])C1. The van der Waals surface area contributed by atoms with E-state index in [2.05, 4.69) is 0 Å². The van der Waals surface area contributed by atoms with Crippen LogP contribution in [-0.2, 0) is 0 Å². The number of rotatable bonds is 3. The second kappa shape index (κ2) is 4.27. The summed E-state index contributed by atoms with van der Waals surface area (Å²) in [7, 11) is 0. The first-order valence-corrected chi connectivity index (χ1v) is 5.65. The van der Waals surface area contributed by atoms with Gasteiger partial charge in [0.1, 0.15) is 5.69 Å². The van der Waals surface area contributed by atoms with Crippen LogP contribution in [0.1, 0.15) is 18.9 Å². The van der Waals surface area contributed by atoms with Crippen LogP contribution in [0.2, 0.25) is 0 Å². The van der Waals surface area contributed by atoms with Gasteiger partial charge >= 0.3 is 0 Å². The van der Waals surface area contributed by atoms with E-state index in [0.717, 1.165) is 0 Å². The number of aliphatic hydroxyl groups is 1. The number of nitriles is 1. The minimum atomic E-state index is -0.748. The average molecular weight is 247 g/mol. The highest BCUT2D eigenvalue weighted by atomic mass is 16.6. The summed E-state index contributed by atoms with van der Waals surface area (Å²) in [6.45, 7) is 2.65. The normalized spacial score (nSPS) is 16.8. The molecule has 1 aliphatic rings. The summed E-state index contributed by atoms with van der Waals surface area (Å²) in [6.07, 6.45) is 0.619. The van der Waals surface area contributed by atoms with Crippen molar-refractivity contribution in [1.29, 1.82) is 5.26 Å². The molecule has 0 spiro atoms. The van der Waals surface area contributed by atoms with Gasteiger partial charge in [0.25, 0.3) is 5.69 Å². The van der Waals surface area contributed by atoms with Gasteiger partial charge in [-0.25, -0.2) is 0 Å². The molecule has 1 saturated heterocycles. The van der Waals surface area contributed by atoms with Crippen molar-refractivity contribution in [3.63, 3.8) is 0 Å². The molecule has 18 heavy (non-hydrogen) atoms. The van der Waals surface area contributed by atoms with Crippen LogP contribution in [0.25, 0.3) is 0 Å². The second-order valence-corrected chi connectivity index (χ2v) is 4.51. The Morgan fingerprint density at radius 3 is 2.78 bits per heavy atom. The van der Waals surface area contributed by atoms with E-state index in [1.165, 1.54) is 6.07 Å². The maximum absolute atomic E-state index is 11.0. The number of benzene rings is 1. The molecule has 0 aliphatic carbocycles. The summed E-state index contributed by atoms with van der Waals surface area (Å²) >= 11 is 0. The topological polar surface area (TPSA) is 90.4 Å². The van der Waals surface area contributed by atoms with Gasteiger partial charge in [-0.3, -0.25) is 10.1 Å². The minimum absolute atomic E-state index is 0.0906. The van der Waals surface area contributed by atoms with Crippen LogP contribution in [0.4, 0.5) is 11.4 Å². The van der Waals surface area contributed by atoms with Crippen molar-refractivity contribution >= 4 is 11.4 Å². The Morgan fingerprint density at radius 2 is 2.28 bits per heavy atom. The highest BCUT2D eigenvalue weighted by Gasteiger charge is 2.41. The van der Waals surface area contributed by atoms with E-state index in [1.807, 2.05) is 13.0 Å². The average Bonchev–Trinajstić information content (AvgIpc) is 2.34. The third kappa shape index (κ3) is 2.00. The Kier molecular flexibility index (Phi) is 2.93. The summed E-state index contributed by atoms with van der Waals surface area (Å²) in [6, 6.07) is 6.25. The number of anilines is 1. The van der Waals surface area contributed by atoms with Gasteiger partial charge in [-0.1, -0.05) is 6.92 Å². The third-order valence-corrected chi connectivity index (χ3v) is 3.27. The molecule has 94 valence electrons. The molecule has 1 fully saturated rings. The molecule has 0 bridgehead atoms. The van der Waals surface area contributed by atoms with Crippen molar-refractivity contribution in [1.82, 2.24) is 0 Å². The predicted molar refractivity (Wildman–Crippen MR) is 65.3 cm³/mol. The molecule has 0 aromatic heterocycles. The standard InChI is InChI=1S/C12H13N3O3/c1-2-12(16)7-14(8-12)10-4-3-9(6-13)5-11(10)15(17)18/h3-5,16H,2,7-8H2,1H3. The lowest BCUT2D eigenvalue weighted by Gasteiger charge is -2.47. The molecule has 0 saturated carbocycles. The third-order valence-electron chi connectivity index (χ3n) is 3.27. The summed E-state index contributed by atoms with van der Waals surface area (Å²) in [5.41, 5.74) is -0.122. The summed E-state index contributed by atoms with van der Waals surface area (Å²) in [5, 5.41) is 29.6. The van der Waals surface area contributed by atoms with E-state index in [-0.39, 0.29) is 11.3 Å². The van der Waals surface area contributed by atoms with E-state index in [1.54, 1.807) is 17.0 Å². The maximum atomic E-state index is 11.0. The van der Waals surface area contributed by atoms with Crippen LogP contribution in [0.3, 0.4) is 0 Å². The Morgan fingerprint density at radius 1 is 1.61 bits per heavy atom. The fourth-order valence-electron chi connectivity index (χ4n) is 2.06. The number of nitro benzene ring substituents is 1. The monoisotopic (exact) mass is 247 g/mol. The molecule has 1 heterocycles. The van der Waals surface area contributed by atoms with Gasteiger partial charge in [-0.2, -0.15) is 5.26 Å². The van der Waals surface area contributed by atoms with Crippen LogP contribution in [-0.4, -0.2) is 28.7 Å². The first-order chi connectivity index (χ1) is 8.49. The van der Waals surface area contributed by atoms with Crippen LogP contribution < -0.4 is 4.90 Å². The van der Waals surface area contributed by atoms with Crippen molar-refractivity contribution in [3.8, 4) is 6.07 Å². The van der Waals surface area contributed by atoms with E-state index in [4.69, 9.17) is 5.26 Å². The number of nitrogens with zero attached hydrogens (tertiary/aromatic N) is 3. The van der Waals surface area contributed by atoms with Crippen molar-refractivity contribution in [2.24, 2.45) is 0 Å². The van der Waals surface area contributed by atoms with Crippen LogP contribution in [0.15, 0.2) is 18.2 Å². The van der Waals surface area contributed by atoms with Gasteiger partial charge in [0, 0.05) is 19.2 Å². The molecule has 2 rings (SSSR count). The first kappa shape index (κ1) is 12.3. The quantitative estimate of drug-likeness (QED) is 0.644. The molecule has 6 heteroatoms. The van der Waals surface area contributed by atoms with Gasteiger partial charge in [-0.15, -0.1) is 0 Å². The molecule has 1 N–H and O–H groups in total. The molecule has 0 radical (unpaired) electrons. The molecule has 1 aromatic rings. The van der Waals surface area contributed by atoms with E-state index in [9.17, 15) is 15.2 Å². The lowest BCUT2D eigenvalue weighted by atomic mass is 9.90. The van der Waals surface area contributed by atoms with Crippen molar-refractivity contribution in [2.75, 3.05) is 18.0 Å². The van der Waals surface area contributed by atoms with Gasteiger partial charge in [0.15, 0.2) is 0 Å². The number of hydrogen-bond donors (Lipinski definition) is 1. The van der Waals surface area contributed by atoms with E-state index in [0.29, 0.717) is 25.2 Å². The lowest BCUT2D eigenvalue weighted by molar-refractivity contribution is -0.384. The molecule has 1 aliphatic heterocycles. The Bertz CT molecular complexity index is 530. The molecular weight excluding hydrogens is 234 g/mol. The fraction of sp³-hybridized carbons (Fsp3) is 0.417. The van der Waals surface area contributed by atoms with Crippen molar-refractivity contribution < 1.29 is 10.0 Å². The highest BCUT2D eigenvalue weighted by molar-refractivity contribution is 5.67. The molecule has 1 aromatic carbocycles. The zero-order valence-electron chi connectivity index (χ0n) is 9.96. The smallest absolute Gasteiger partial charge is 0.293 e. The summed E-state index contributed by atoms with van der Waals surface area (Å²) in [4.78, 5) is 12.2. The predicted octanol–water partition coefficient (Wildman–Crippen LogP) is 1.43. The van der Waals surface area contributed by atoms with E-state index >= 15 is 0 Å². The van der Waals surface area contributed by atoms with Crippen molar-refractivity contribution in [3.05, 3.63) is 33.9 Å². The first-order valence-electron chi connectivity index (χ1n) is 5.65.